The van der Waals surface area contributed by atoms with Crippen LogP contribution >= 0.6 is 30.8 Å². The van der Waals surface area contributed by atoms with Crippen LogP contribution in [-0.2, 0) is 13.6 Å². The number of rotatable bonds is 4. The van der Waals surface area contributed by atoms with Gasteiger partial charge in [0.25, 0.3) is 0 Å². The van der Waals surface area contributed by atoms with E-state index in [1.807, 2.05) is 0 Å². The molecule has 0 N–H and O–H groups in total. The number of fused-ring (bicyclic) bond motifs is 1. The molecule has 0 saturated carbocycles. The van der Waals surface area contributed by atoms with Crippen LogP contribution in [0.15, 0.2) is 24.4 Å². The molecule has 0 aliphatic heterocycles. The summed E-state index contributed by atoms with van der Waals surface area (Å²) in [6.45, 7) is 1.67. The minimum absolute atomic E-state index is 0.0184. The predicted molar refractivity (Wildman–Crippen MR) is 98.7 cm³/mol. The van der Waals surface area contributed by atoms with Crippen molar-refractivity contribution in [1.82, 2.24) is 15.0 Å². The van der Waals surface area contributed by atoms with Gasteiger partial charge in [0, 0.05) is 32.0 Å². The van der Waals surface area contributed by atoms with Crippen LogP contribution in [0.5, 0.6) is 0 Å². The molecule has 0 aromatic carbocycles. The molecule has 0 aliphatic carbocycles. The topological polar surface area (TPSA) is 74.2 Å². The summed E-state index contributed by atoms with van der Waals surface area (Å²) in [7, 11) is -0.979. The largest absolute Gasteiger partial charge is 0.379 e. The quantitative estimate of drug-likeness (QED) is 0.581. The highest BCUT2D eigenvalue weighted by Crippen LogP contribution is 2.44. The van der Waals surface area contributed by atoms with E-state index in [1.54, 1.807) is 6.92 Å². The molecule has 26 heavy (non-hydrogen) atoms. The van der Waals surface area contributed by atoms with Gasteiger partial charge in [-0.3, -0.25) is 4.57 Å². The van der Waals surface area contributed by atoms with E-state index in [2.05, 4.69) is 15.0 Å². The smallest absolute Gasteiger partial charge is 0.308 e. The molecule has 136 valence electrons. The second-order valence-corrected chi connectivity index (χ2v) is 8.22. The molecular weight excluding hydrogens is 403 g/mol. The molecule has 0 amide bonds. The summed E-state index contributed by atoms with van der Waals surface area (Å²) < 4.78 is 36.6. The Morgan fingerprint density at radius 1 is 1.12 bits per heavy atom. The zero-order valence-corrected chi connectivity index (χ0v) is 16.4. The molecule has 3 aromatic rings. The highest BCUT2D eigenvalue weighted by atomic mass is 35.5. The average Bonchev–Trinajstić information content (AvgIpc) is 2.65. The molecule has 0 unspecified atom stereocenters. The number of hydrogen-bond acceptors (Lipinski definition) is 6. The molecule has 3 heterocycles. The summed E-state index contributed by atoms with van der Waals surface area (Å²) in [6.07, 6.45) is 1.33. The normalized spacial score (nSPS) is 11.9. The molecule has 0 atom stereocenters. The van der Waals surface area contributed by atoms with Gasteiger partial charge in [-0.15, -0.1) is 0 Å². The molecule has 0 aliphatic rings. The summed E-state index contributed by atoms with van der Waals surface area (Å²) in [5.74, 6) is -0.598. The Kier molecular flexibility index (Phi) is 5.28. The van der Waals surface area contributed by atoms with Gasteiger partial charge in [0.1, 0.15) is 11.2 Å². The van der Waals surface area contributed by atoms with Crippen LogP contribution < -0.4 is 5.44 Å². The third-order valence-corrected chi connectivity index (χ3v) is 6.46. The van der Waals surface area contributed by atoms with E-state index in [0.717, 1.165) is 0 Å². The van der Waals surface area contributed by atoms with E-state index in [4.69, 9.17) is 32.2 Å². The molecule has 0 saturated heterocycles. The fraction of sp³-hybridized carbons (Fsp3) is 0.188. The Bertz CT molecular complexity index is 1040. The molecule has 6 nitrogen and oxygen atoms in total. The van der Waals surface area contributed by atoms with Crippen LogP contribution in [0, 0.1) is 12.7 Å². The number of hydrogen-bond donors (Lipinski definition) is 0. The van der Waals surface area contributed by atoms with Crippen LogP contribution in [0.1, 0.15) is 5.69 Å². The third kappa shape index (κ3) is 3.21. The lowest BCUT2D eigenvalue weighted by Crippen LogP contribution is -2.11. The highest BCUT2D eigenvalue weighted by Gasteiger charge is 2.26. The van der Waals surface area contributed by atoms with E-state index < -0.39 is 13.4 Å². The lowest BCUT2D eigenvalue weighted by Gasteiger charge is -2.13. The van der Waals surface area contributed by atoms with E-state index >= 15 is 0 Å². The second-order valence-electron chi connectivity index (χ2n) is 5.28. The van der Waals surface area contributed by atoms with Crippen LogP contribution in [-0.4, -0.2) is 29.2 Å². The van der Waals surface area contributed by atoms with E-state index in [0.29, 0.717) is 16.8 Å². The lowest BCUT2D eigenvalue weighted by molar-refractivity contribution is 0.286. The first-order chi connectivity index (χ1) is 12.3. The minimum Gasteiger partial charge on any atom is -0.308 e. The van der Waals surface area contributed by atoms with Crippen LogP contribution in [0.4, 0.5) is 4.39 Å². The van der Waals surface area contributed by atoms with Gasteiger partial charge in [0.2, 0.25) is 0 Å². The average molecular weight is 416 g/mol. The Morgan fingerprint density at radius 3 is 2.38 bits per heavy atom. The van der Waals surface area contributed by atoms with E-state index in [1.165, 1.54) is 38.6 Å². The third-order valence-electron chi connectivity index (χ3n) is 3.74. The molecular formula is C16H13Cl2FN3O3P. The maximum absolute atomic E-state index is 14.5. The molecule has 0 bridgehead atoms. The van der Waals surface area contributed by atoms with Crippen molar-refractivity contribution >= 4 is 47.3 Å². The van der Waals surface area contributed by atoms with Crippen LogP contribution in [0.3, 0.4) is 0 Å². The second kappa shape index (κ2) is 7.18. The summed E-state index contributed by atoms with van der Waals surface area (Å²) in [4.78, 5) is 12.5. The van der Waals surface area contributed by atoms with Crippen molar-refractivity contribution in [2.24, 2.45) is 0 Å². The van der Waals surface area contributed by atoms with Crippen molar-refractivity contribution in [3.05, 3.63) is 46.0 Å². The van der Waals surface area contributed by atoms with Gasteiger partial charge < -0.3 is 9.05 Å². The highest BCUT2D eigenvalue weighted by molar-refractivity contribution is 7.61. The fourth-order valence-corrected chi connectivity index (χ4v) is 3.76. The Morgan fingerprint density at radius 2 is 1.81 bits per heavy atom. The van der Waals surface area contributed by atoms with Crippen molar-refractivity contribution in [2.45, 2.75) is 6.92 Å². The first-order valence-corrected chi connectivity index (χ1v) is 9.61. The maximum atomic E-state index is 14.5. The molecule has 3 aromatic heterocycles. The summed E-state index contributed by atoms with van der Waals surface area (Å²) >= 11 is 12.3. The summed E-state index contributed by atoms with van der Waals surface area (Å²) in [5.41, 5.74) is 1.54. The van der Waals surface area contributed by atoms with Crippen molar-refractivity contribution in [2.75, 3.05) is 14.2 Å². The molecule has 10 heteroatoms. The number of nitrogens with zero attached hydrogens (tertiary/aromatic N) is 3. The molecule has 0 fully saturated rings. The monoisotopic (exact) mass is 415 g/mol. The van der Waals surface area contributed by atoms with Gasteiger partial charge in [-0.05, 0) is 19.1 Å². The van der Waals surface area contributed by atoms with Crippen LogP contribution in [0.2, 0.25) is 10.0 Å². The van der Waals surface area contributed by atoms with E-state index in [9.17, 15) is 8.96 Å². The van der Waals surface area contributed by atoms with E-state index in [-0.39, 0.29) is 26.7 Å². The molecule has 0 radical (unpaired) electrons. The molecule has 3 rings (SSSR count). The zero-order valence-electron chi connectivity index (χ0n) is 14.0. The molecule has 0 spiro atoms. The van der Waals surface area contributed by atoms with Gasteiger partial charge in [0.15, 0.2) is 11.3 Å². The Balaban J connectivity index is 2.14. The lowest BCUT2D eigenvalue weighted by atomic mass is 10.1. The number of aromatic nitrogens is 3. The van der Waals surface area contributed by atoms with Crippen molar-refractivity contribution in [3.63, 3.8) is 0 Å². The Labute approximate surface area is 158 Å². The van der Waals surface area contributed by atoms with Gasteiger partial charge >= 0.3 is 7.60 Å². The Hall–Kier alpha value is -1.63. The van der Waals surface area contributed by atoms with Crippen LogP contribution in [0.25, 0.3) is 22.3 Å². The summed E-state index contributed by atoms with van der Waals surface area (Å²) in [6, 6.07) is 4.17. The standard InChI is InChI=1S/C16H13Cl2FN3O3P/c1-8-13(17)14(18)16-11(21-8)6-10(19)15(22-16)9-4-5-12(20-7-9)26(23,24-2)25-3/h4-7H,1-3H3. The number of halogens is 3. The van der Waals surface area contributed by atoms with Crippen molar-refractivity contribution < 1.29 is 18.0 Å². The van der Waals surface area contributed by atoms with Gasteiger partial charge in [-0.2, -0.15) is 0 Å². The predicted octanol–water partition coefficient (Wildman–Crippen LogP) is 4.56. The first kappa shape index (κ1) is 19.1. The first-order valence-electron chi connectivity index (χ1n) is 7.31. The van der Waals surface area contributed by atoms with Crippen molar-refractivity contribution in [1.29, 1.82) is 0 Å². The summed E-state index contributed by atoms with van der Waals surface area (Å²) in [5, 5.41) is 0.460. The number of pyridine rings is 3. The SMILES string of the molecule is COP(=O)(OC)c1ccc(-c2nc3c(Cl)c(Cl)c(C)nc3cc2F)cn1. The zero-order chi connectivity index (χ0) is 19.1. The van der Waals surface area contributed by atoms with Crippen molar-refractivity contribution in [3.8, 4) is 11.3 Å². The van der Waals surface area contributed by atoms with Gasteiger partial charge in [-0.25, -0.2) is 19.3 Å². The number of aryl methyl sites for hydroxylation is 1. The minimum atomic E-state index is -3.49. The fourth-order valence-electron chi connectivity index (χ4n) is 2.37. The van der Waals surface area contributed by atoms with Gasteiger partial charge in [-0.1, -0.05) is 23.2 Å². The maximum Gasteiger partial charge on any atom is 0.379 e. The van der Waals surface area contributed by atoms with Gasteiger partial charge in [0.05, 0.1) is 21.3 Å².